The molecule has 0 aliphatic heterocycles. The lowest BCUT2D eigenvalue weighted by molar-refractivity contribution is -0.113. The van der Waals surface area contributed by atoms with Crippen LogP contribution in [0.3, 0.4) is 0 Å². The summed E-state index contributed by atoms with van der Waals surface area (Å²) in [6.45, 7) is 7.54. The molecule has 0 atom stereocenters. The molecular formula is C28H30N4O4S2. The molecule has 2 aromatic heterocycles. The highest BCUT2D eigenvalue weighted by Gasteiger charge is 2.23. The quantitative estimate of drug-likeness (QED) is 0.174. The Kier molecular flexibility index (Phi) is 9.19. The van der Waals surface area contributed by atoms with E-state index in [9.17, 15) is 9.59 Å². The monoisotopic (exact) mass is 550 g/mol. The van der Waals surface area contributed by atoms with E-state index in [1.807, 2.05) is 71.5 Å². The van der Waals surface area contributed by atoms with E-state index in [2.05, 4.69) is 29.4 Å². The zero-order valence-corrected chi connectivity index (χ0v) is 23.4. The summed E-state index contributed by atoms with van der Waals surface area (Å²) in [4.78, 5) is 25.4. The van der Waals surface area contributed by atoms with Gasteiger partial charge in [-0.05, 0) is 42.7 Å². The van der Waals surface area contributed by atoms with E-state index in [1.165, 1.54) is 30.2 Å². The van der Waals surface area contributed by atoms with Gasteiger partial charge in [-0.25, -0.2) is 4.79 Å². The zero-order chi connectivity index (χ0) is 27.1. The number of methoxy groups -OCH3 is 1. The Balaban J connectivity index is 1.45. The van der Waals surface area contributed by atoms with Gasteiger partial charge < -0.3 is 19.4 Å². The summed E-state index contributed by atoms with van der Waals surface area (Å²) in [5.41, 5.74) is 2.87. The molecule has 0 spiro atoms. The summed E-state index contributed by atoms with van der Waals surface area (Å²) in [5.74, 6) is 1.35. The SMILES string of the molecule is CCn1c(SCC(=O)Nc2scc(-c3ccccc3)c2C(=O)OC)nnc1-c1ccc(OCC(C)C)cc1. The lowest BCUT2D eigenvalue weighted by atomic mass is 10.0. The Morgan fingerprint density at radius 2 is 1.79 bits per heavy atom. The fourth-order valence-corrected chi connectivity index (χ4v) is 5.51. The number of amides is 1. The van der Waals surface area contributed by atoms with Gasteiger partial charge in [-0.2, -0.15) is 0 Å². The number of aromatic nitrogens is 3. The molecule has 0 bridgehead atoms. The van der Waals surface area contributed by atoms with E-state index in [0.717, 1.165) is 28.3 Å². The molecule has 198 valence electrons. The maximum atomic E-state index is 12.9. The molecule has 10 heteroatoms. The molecule has 0 saturated heterocycles. The number of nitrogens with zero attached hydrogens (tertiary/aromatic N) is 3. The van der Waals surface area contributed by atoms with Crippen LogP contribution in [0.1, 0.15) is 31.1 Å². The first-order chi connectivity index (χ1) is 18.4. The number of hydrogen-bond acceptors (Lipinski definition) is 8. The molecule has 2 aromatic carbocycles. The number of ether oxygens (including phenoxy) is 2. The number of carbonyl (C=O) groups excluding carboxylic acids is 2. The van der Waals surface area contributed by atoms with Crippen molar-refractivity contribution in [1.82, 2.24) is 14.8 Å². The molecule has 4 aromatic rings. The molecule has 1 amide bonds. The maximum absolute atomic E-state index is 12.9. The normalized spacial score (nSPS) is 11.0. The molecule has 4 rings (SSSR count). The first kappa shape index (κ1) is 27.4. The Labute approximate surface area is 230 Å². The molecule has 0 unspecified atom stereocenters. The van der Waals surface area contributed by atoms with Crippen molar-refractivity contribution in [3.63, 3.8) is 0 Å². The fraction of sp³-hybridized carbons (Fsp3) is 0.286. The molecule has 0 aliphatic rings. The van der Waals surface area contributed by atoms with Crippen molar-refractivity contribution in [3.8, 4) is 28.3 Å². The van der Waals surface area contributed by atoms with Crippen molar-refractivity contribution in [3.05, 3.63) is 65.5 Å². The van der Waals surface area contributed by atoms with Crippen LogP contribution < -0.4 is 10.1 Å². The molecular weight excluding hydrogens is 520 g/mol. The predicted octanol–water partition coefficient (Wildman–Crippen LogP) is 6.25. The Bertz CT molecular complexity index is 1380. The van der Waals surface area contributed by atoms with Gasteiger partial charge in [-0.3, -0.25) is 4.79 Å². The fourth-order valence-electron chi connectivity index (χ4n) is 3.73. The number of anilines is 1. The standard InChI is InChI=1S/C28H30N4O4S2/c1-5-32-25(20-11-13-21(14-12-20)36-15-18(2)3)30-31-28(32)38-17-23(33)29-26-24(27(34)35-4)22(16-37-26)19-9-7-6-8-10-19/h6-14,16,18H,5,15,17H2,1-4H3,(H,29,33). The van der Waals surface area contributed by atoms with Gasteiger partial charge >= 0.3 is 5.97 Å². The van der Waals surface area contributed by atoms with E-state index in [1.54, 1.807) is 0 Å². The largest absolute Gasteiger partial charge is 0.493 e. The van der Waals surface area contributed by atoms with E-state index >= 15 is 0 Å². The van der Waals surface area contributed by atoms with Crippen LogP contribution in [-0.2, 0) is 16.1 Å². The Morgan fingerprint density at radius 1 is 1.05 bits per heavy atom. The topological polar surface area (TPSA) is 95.3 Å². The third kappa shape index (κ3) is 6.43. The maximum Gasteiger partial charge on any atom is 0.341 e. The van der Waals surface area contributed by atoms with Crippen molar-refractivity contribution < 1.29 is 19.1 Å². The Morgan fingerprint density at radius 3 is 2.45 bits per heavy atom. The summed E-state index contributed by atoms with van der Waals surface area (Å²) in [6.07, 6.45) is 0. The van der Waals surface area contributed by atoms with E-state index < -0.39 is 5.97 Å². The van der Waals surface area contributed by atoms with Crippen LogP contribution in [0.15, 0.2) is 65.1 Å². The second-order valence-corrected chi connectivity index (χ2v) is 10.6. The van der Waals surface area contributed by atoms with Crippen molar-refractivity contribution in [2.75, 3.05) is 24.8 Å². The molecule has 38 heavy (non-hydrogen) atoms. The molecule has 0 aliphatic carbocycles. The molecule has 8 nitrogen and oxygen atoms in total. The van der Waals surface area contributed by atoms with Crippen LogP contribution in [0.5, 0.6) is 5.75 Å². The van der Waals surface area contributed by atoms with Gasteiger partial charge in [-0.1, -0.05) is 55.9 Å². The van der Waals surface area contributed by atoms with Gasteiger partial charge in [0.25, 0.3) is 0 Å². The number of esters is 1. The molecule has 0 fully saturated rings. The van der Waals surface area contributed by atoms with Crippen LogP contribution in [0, 0.1) is 5.92 Å². The number of thioether (sulfide) groups is 1. The first-order valence-corrected chi connectivity index (χ1v) is 14.1. The highest BCUT2D eigenvalue weighted by Crippen LogP contribution is 2.36. The minimum atomic E-state index is -0.496. The average molecular weight is 551 g/mol. The van der Waals surface area contributed by atoms with E-state index in [-0.39, 0.29) is 11.7 Å². The van der Waals surface area contributed by atoms with Gasteiger partial charge in [0.2, 0.25) is 5.91 Å². The average Bonchev–Trinajstić information content (AvgIpc) is 3.55. The van der Waals surface area contributed by atoms with Gasteiger partial charge in [0.15, 0.2) is 11.0 Å². The van der Waals surface area contributed by atoms with Crippen LogP contribution in [0.4, 0.5) is 5.00 Å². The lowest BCUT2D eigenvalue weighted by Crippen LogP contribution is -2.16. The first-order valence-electron chi connectivity index (χ1n) is 12.3. The number of carbonyl (C=O) groups is 2. The van der Waals surface area contributed by atoms with Crippen molar-refractivity contribution in [2.24, 2.45) is 5.92 Å². The second-order valence-electron chi connectivity index (χ2n) is 8.83. The molecule has 0 saturated carbocycles. The van der Waals surface area contributed by atoms with Crippen LogP contribution >= 0.6 is 23.1 Å². The number of benzene rings is 2. The van der Waals surface area contributed by atoms with Crippen molar-refractivity contribution >= 4 is 40.0 Å². The van der Waals surface area contributed by atoms with Gasteiger partial charge in [0.1, 0.15) is 16.3 Å². The zero-order valence-electron chi connectivity index (χ0n) is 21.8. The third-order valence-corrected chi connectivity index (χ3v) is 7.44. The Hall–Kier alpha value is -3.63. The molecule has 1 N–H and O–H groups in total. The summed E-state index contributed by atoms with van der Waals surface area (Å²) in [5, 5.41) is 14.5. The summed E-state index contributed by atoms with van der Waals surface area (Å²) >= 11 is 2.59. The summed E-state index contributed by atoms with van der Waals surface area (Å²) in [7, 11) is 1.33. The smallest absolute Gasteiger partial charge is 0.341 e. The molecule has 0 radical (unpaired) electrons. The van der Waals surface area contributed by atoms with E-state index in [0.29, 0.717) is 34.8 Å². The highest BCUT2D eigenvalue weighted by atomic mass is 32.2. The second kappa shape index (κ2) is 12.7. The lowest BCUT2D eigenvalue weighted by Gasteiger charge is -2.10. The van der Waals surface area contributed by atoms with Gasteiger partial charge in [-0.15, -0.1) is 21.5 Å². The summed E-state index contributed by atoms with van der Waals surface area (Å²) in [6, 6.07) is 17.3. The van der Waals surface area contributed by atoms with Crippen molar-refractivity contribution in [1.29, 1.82) is 0 Å². The van der Waals surface area contributed by atoms with Crippen LogP contribution in [0.2, 0.25) is 0 Å². The molecule has 2 heterocycles. The van der Waals surface area contributed by atoms with Gasteiger partial charge in [0, 0.05) is 23.1 Å². The summed E-state index contributed by atoms with van der Waals surface area (Å²) < 4.78 is 12.7. The van der Waals surface area contributed by atoms with E-state index in [4.69, 9.17) is 9.47 Å². The number of thiophene rings is 1. The van der Waals surface area contributed by atoms with Crippen molar-refractivity contribution in [2.45, 2.75) is 32.5 Å². The third-order valence-electron chi connectivity index (χ3n) is 5.58. The number of hydrogen-bond donors (Lipinski definition) is 1. The number of nitrogens with one attached hydrogen (secondary N) is 1. The van der Waals surface area contributed by atoms with Crippen LogP contribution in [-0.4, -0.2) is 46.1 Å². The van der Waals surface area contributed by atoms with Gasteiger partial charge in [0.05, 0.1) is 19.5 Å². The minimum absolute atomic E-state index is 0.110. The van der Waals surface area contributed by atoms with Crippen LogP contribution in [0.25, 0.3) is 22.5 Å². The minimum Gasteiger partial charge on any atom is -0.493 e. The predicted molar refractivity (Wildman–Crippen MR) is 152 cm³/mol. The highest BCUT2D eigenvalue weighted by molar-refractivity contribution is 7.99. The number of rotatable bonds is 11.